The minimum absolute atomic E-state index is 0.0280. The number of benzene rings is 1. The Hall–Kier alpha value is -1.29. The summed E-state index contributed by atoms with van der Waals surface area (Å²) in [6, 6.07) is 9.34. The lowest BCUT2D eigenvalue weighted by atomic mass is 10.3. The Kier molecular flexibility index (Phi) is 5.64. The molecule has 4 heteroatoms. The summed E-state index contributed by atoms with van der Waals surface area (Å²) in [5.74, 6) is 1.23. The van der Waals surface area contributed by atoms with E-state index < -0.39 is 0 Å². The minimum atomic E-state index is -0.0280. The van der Waals surface area contributed by atoms with Gasteiger partial charge in [-0.1, -0.05) is 18.2 Å². The van der Waals surface area contributed by atoms with E-state index in [1.165, 1.54) is 11.8 Å². The van der Waals surface area contributed by atoms with Gasteiger partial charge < -0.3 is 5.32 Å². The van der Waals surface area contributed by atoms with Gasteiger partial charge in [-0.15, -0.1) is 0 Å². The Morgan fingerprint density at radius 1 is 1.25 bits per heavy atom. The fourth-order valence-electron chi connectivity index (χ4n) is 1.10. The molecule has 0 saturated heterocycles. The second-order valence-corrected chi connectivity index (χ2v) is 4.52. The quantitative estimate of drug-likeness (QED) is 0.772. The first-order valence-electron chi connectivity index (χ1n) is 5.10. The van der Waals surface area contributed by atoms with Crippen molar-refractivity contribution < 1.29 is 9.59 Å². The number of Topliss-reactive ketones (excluding diaryl/α,β-unsaturated/α-hetero) is 1. The van der Waals surface area contributed by atoms with E-state index in [1.54, 1.807) is 6.92 Å². The molecule has 0 aliphatic heterocycles. The SMILES string of the molecule is CC(=O)CCSCC(=O)Nc1ccccc1. The van der Waals surface area contributed by atoms with Crippen LogP contribution < -0.4 is 5.32 Å². The molecule has 0 aliphatic rings. The van der Waals surface area contributed by atoms with Crippen molar-refractivity contribution in [2.45, 2.75) is 13.3 Å². The maximum atomic E-state index is 11.4. The van der Waals surface area contributed by atoms with Crippen LogP contribution in [0.1, 0.15) is 13.3 Å². The number of carbonyl (C=O) groups excluding carboxylic acids is 2. The monoisotopic (exact) mass is 237 g/mol. The smallest absolute Gasteiger partial charge is 0.234 e. The third-order valence-electron chi connectivity index (χ3n) is 1.89. The zero-order valence-electron chi connectivity index (χ0n) is 9.23. The standard InChI is InChI=1S/C12H15NO2S/c1-10(14)7-8-16-9-12(15)13-11-5-3-2-4-6-11/h2-6H,7-9H2,1H3,(H,13,15). The normalized spacial score (nSPS) is 9.81. The summed E-state index contributed by atoms with van der Waals surface area (Å²) in [5, 5.41) is 2.79. The summed E-state index contributed by atoms with van der Waals surface area (Å²) in [7, 11) is 0. The molecule has 1 aromatic carbocycles. The Morgan fingerprint density at radius 2 is 1.94 bits per heavy atom. The highest BCUT2D eigenvalue weighted by atomic mass is 32.2. The van der Waals surface area contributed by atoms with E-state index in [0.717, 1.165) is 5.69 Å². The minimum Gasteiger partial charge on any atom is -0.325 e. The summed E-state index contributed by atoms with van der Waals surface area (Å²) >= 11 is 1.48. The van der Waals surface area contributed by atoms with Gasteiger partial charge in [0.15, 0.2) is 0 Å². The van der Waals surface area contributed by atoms with E-state index in [4.69, 9.17) is 0 Å². The number of hydrogen-bond acceptors (Lipinski definition) is 3. The second kappa shape index (κ2) is 7.06. The zero-order valence-corrected chi connectivity index (χ0v) is 10.0. The van der Waals surface area contributed by atoms with Crippen LogP contribution in [0, 0.1) is 0 Å². The highest BCUT2D eigenvalue weighted by molar-refractivity contribution is 7.99. The highest BCUT2D eigenvalue weighted by Gasteiger charge is 2.02. The van der Waals surface area contributed by atoms with Gasteiger partial charge in [-0.3, -0.25) is 9.59 Å². The van der Waals surface area contributed by atoms with Gasteiger partial charge in [-0.2, -0.15) is 11.8 Å². The Bertz CT molecular complexity index is 351. The molecule has 16 heavy (non-hydrogen) atoms. The van der Waals surface area contributed by atoms with Crippen LogP contribution in [0.25, 0.3) is 0 Å². The number of thioether (sulfide) groups is 1. The fourth-order valence-corrected chi connectivity index (χ4v) is 1.93. The largest absolute Gasteiger partial charge is 0.325 e. The Morgan fingerprint density at radius 3 is 2.56 bits per heavy atom. The van der Waals surface area contributed by atoms with Gasteiger partial charge in [-0.25, -0.2) is 0 Å². The highest BCUT2D eigenvalue weighted by Crippen LogP contribution is 2.07. The predicted molar refractivity (Wildman–Crippen MR) is 67.7 cm³/mol. The lowest BCUT2D eigenvalue weighted by Gasteiger charge is -2.04. The molecule has 0 spiro atoms. The van der Waals surface area contributed by atoms with Gasteiger partial charge in [-0.05, 0) is 19.1 Å². The number of hydrogen-bond donors (Lipinski definition) is 1. The van der Waals surface area contributed by atoms with Crippen LogP contribution in [-0.2, 0) is 9.59 Å². The first-order chi connectivity index (χ1) is 7.68. The van der Waals surface area contributed by atoms with Gasteiger partial charge in [0.1, 0.15) is 5.78 Å². The predicted octanol–water partition coefficient (Wildman–Crippen LogP) is 2.34. The summed E-state index contributed by atoms with van der Waals surface area (Å²) in [5.41, 5.74) is 0.805. The van der Waals surface area contributed by atoms with Crippen LogP contribution in [0.3, 0.4) is 0 Å². The number of nitrogens with one attached hydrogen (secondary N) is 1. The molecule has 0 saturated carbocycles. The summed E-state index contributed by atoms with van der Waals surface area (Å²) in [6.07, 6.45) is 0.531. The van der Waals surface area contributed by atoms with Crippen LogP contribution in [0.2, 0.25) is 0 Å². The Labute approximate surface area is 99.6 Å². The number of carbonyl (C=O) groups is 2. The van der Waals surface area contributed by atoms with E-state index in [0.29, 0.717) is 17.9 Å². The molecule has 3 nitrogen and oxygen atoms in total. The lowest BCUT2D eigenvalue weighted by molar-refractivity contribution is -0.116. The molecular formula is C12H15NO2S. The van der Waals surface area contributed by atoms with Gasteiger partial charge in [0, 0.05) is 17.9 Å². The molecule has 0 radical (unpaired) electrons. The van der Waals surface area contributed by atoms with E-state index in [9.17, 15) is 9.59 Å². The van der Waals surface area contributed by atoms with Crippen molar-refractivity contribution in [1.29, 1.82) is 0 Å². The molecular weight excluding hydrogens is 222 g/mol. The van der Waals surface area contributed by atoms with E-state index in [1.807, 2.05) is 30.3 Å². The molecule has 0 aliphatic carbocycles. The molecule has 0 heterocycles. The topological polar surface area (TPSA) is 46.2 Å². The maximum absolute atomic E-state index is 11.4. The Balaban J connectivity index is 2.19. The fraction of sp³-hybridized carbons (Fsp3) is 0.333. The van der Waals surface area contributed by atoms with Crippen molar-refractivity contribution in [1.82, 2.24) is 0 Å². The first-order valence-corrected chi connectivity index (χ1v) is 6.26. The van der Waals surface area contributed by atoms with Crippen LogP contribution in [-0.4, -0.2) is 23.2 Å². The van der Waals surface area contributed by atoms with Crippen LogP contribution >= 0.6 is 11.8 Å². The van der Waals surface area contributed by atoms with Gasteiger partial charge in [0.25, 0.3) is 0 Å². The maximum Gasteiger partial charge on any atom is 0.234 e. The first kappa shape index (κ1) is 12.8. The summed E-state index contributed by atoms with van der Waals surface area (Å²) in [6.45, 7) is 1.56. The van der Waals surface area contributed by atoms with Crippen molar-refractivity contribution in [3.63, 3.8) is 0 Å². The van der Waals surface area contributed by atoms with Gasteiger partial charge in [0.2, 0.25) is 5.91 Å². The molecule has 1 amide bonds. The van der Waals surface area contributed by atoms with Crippen LogP contribution in [0.5, 0.6) is 0 Å². The number of para-hydroxylation sites is 1. The van der Waals surface area contributed by atoms with E-state index in [-0.39, 0.29) is 11.7 Å². The third-order valence-corrected chi connectivity index (χ3v) is 2.85. The third kappa shape index (κ3) is 5.56. The van der Waals surface area contributed by atoms with Gasteiger partial charge >= 0.3 is 0 Å². The summed E-state index contributed by atoms with van der Waals surface area (Å²) < 4.78 is 0. The number of ketones is 1. The summed E-state index contributed by atoms with van der Waals surface area (Å²) in [4.78, 5) is 22.1. The second-order valence-electron chi connectivity index (χ2n) is 3.42. The van der Waals surface area contributed by atoms with Gasteiger partial charge in [0.05, 0.1) is 5.75 Å². The van der Waals surface area contributed by atoms with Crippen molar-refractivity contribution in [2.24, 2.45) is 0 Å². The number of rotatable bonds is 6. The molecule has 0 unspecified atom stereocenters. The number of anilines is 1. The molecule has 0 bridgehead atoms. The van der Waals surface area contributed by atoms with E-state index >= 15 is 0 Å². The molecule has 0 atom stereocenters. The van der Waals surface area contributed by atoms with Crippen molar-refractivity contribution in [2.75, 3.05) is 16.8 Å². The number of amides is 1. The van der Waals surface area contributed by atoms with Crippen molar-refractivity contribution in [3.05, 3.63) is 30.3 Å². The van der Waals surface area contributed by atoms with E-state index in [2.05, 4.69) is 5.32 Å². The molecule has 86 valence electrons. The molecule has 0 fully saturated rings. The molecule has 1 N–H and O–H groups in total. The average molecular weight is 237 g/mol. The van der Waals surface area contributed by atoms with Crippen LogP contribution in [0.4, 0.5) is 5.69 Å². The zero-order chi connectivity index (χ0) is 11.8. The van der Waals surface area contributed by atoms with Crippen molar-refractivity contribution >= 4 is 29.1 Å². The molecule has 1 rings (SSSR count). The average Bonchev–Trinajstić information content (AvgIpc) is 2.25. The molecule has 0 aromatic heterocycles. The lowest BCUT2D eigenvalue weighted by Crippen LogP contribution is -2.14. The molecule has 1 aromatic rings. The van der Waals surface area contributed by atoms with Crippen LogP contribution in [0.15, 0.2) is 30.3 Å². The van der Waals surface area contributed by atoms with Crippen molar-refractivity contribution in [3.8, 4) is 0 Å².